The number of nitrogens with two attached hydrogens (primary N) is 1. The number of amides is 2. The van der Waals surface area contributed by atoms with Crippen LogP contribution in [-0.4, -0.2) is 11.8 Å². The molecule has 0 aliphatic rings. The fraction of sp³-hybridized carbons (Fsp3) is 0.250. The van der Waals surface area contributed by atoms with E-state index in [9.17, 15) is 9.59 Å². The maximum absolute atomic E-state index is 11.5. The molecule has 0 aromatic heterocycles. The lowest BCUT2D eigenvalue weighted by Gasteiger charge is -2.08. The molecule has 3 N–H and O–H groups in total. The van der Waals surface area contributed by atoms with E-state index >= 15 is 0 Å². The molecule has 0 spiro atoms. The largest absolute Gasteiger partial charge is 0.369 e. The Morgan fingerprint density at radius 1 is 1.41 bits per heavy atom. The zero-order chi connectivity index (χ0) is 12.8. The SMILES string of the molecule is CC(CC(=O)Nc1ccc(C#N)cc1)C(N)=O. The van der Waals surface area contributed by atoms with E-state index in [0.717, 1.165) is 0 Å². The predicted molar refractivity (Wildman–Crippen MR) is 62.8 cm³/mol. The number of carbonyl (C=O) groups is 2. The summed E-state index contributed by atoms with van der Waals surface area (Å²) in [5.74, 6) is -1.27. The molecule has 2 amide bonds. The number of hydrogen-bond acceptors (Lipinski definition) is 3. The Bertz CT molecular complexity index is 460. The molecule has 0 saturated heterocycles. The highest BCUT2D eigenvalue weighted by atomic mass is 16.2. The second kappa shape index (κ2) is 5.66. The molecular weight excluding hydrogens is 218 g/mol. The van der Waals surface area contributed by atoms with E-state index in [4.69, 9.17) is 11.0 Å². The van der Waals surface area contributed by atoms with Gasteiger partial charge in [-0.25, -0.2) is 0 Å². The van der Waals surface area contributed by atoms with Gasteiger partial charge in [-0.3, -0.25) is 9.59 Å². The van der Waals surface area contributed by atoms with E-state index in [1.54, 1.807) is 31.2 Å². The van der Waals surface area contributed by atoms with E-state index < -0.39 is 11.8 Å². The molecule has 0 aliphatic heterocycles. The van der Waals surface area contributed by atoms with Gasteiger partial charge in [-0.1, -0.05) is 6.92 Å². The number of benzene rings is 1. The van der Waals surface area contributed by atoms with Gasteiger partial charge in [0.2, 0.25) is 11.8 Å². The zero-order valence-corrected chi connectivity index (χ0v) is 9.43. The van der Waals surface area contributed by atoms with Crippen molar-refractivity contribution in [2.75, 3.05) is 5.32 Å². The summed E-state index contributed by atoms with van der Waals surface area (Å²) >= 11 is 0. The average Bonchev–Trinajstić information content (AvgIpc) is 2.29. The van der Waals surface area contributed by atoms with Crippen molar-refractivity contribution < 1.29 is 9.59 Å². The number of carbonyl (C=O) groups excluding carboxylic acids is 2. The van der Waals surface area contributed by atoms with Gasteiger partial charge in [-0.15, -0.1) is 0 Å². The topological polar surface area (TPSA) is 96.0 Å². The lowest BCUT2D eigenvalue weighted by molar-refractivity contribution is -0.125. The van der Waals surface area contributed by atoms with E-state index in [1.807, 2.05) is 6.07 Å². The summed E-state index contributed by atoms with van der Waals surface area (Å²) in [6, 6.07) is 8.45. The predicted octanol–water partition coefficient (Wildman–Crippen LogP) is 1.01. The quantitative estimate of drug-likeness (QED) is 0.809. The fourth-order valence-electron chi connectivity index (χ4n) is 1.22. The normalized spacial score (nSPS) is 11.3. The van der Waals surface area contributed by atoms with Crippen LogP contribution in [0.3, 0.4) is 0 Å². The van der Waals surface area contributed by atoms with Crippen molar-refractivity contribution in [3.8, 4) is 6.07 Å². The van der Waals surface area contributed by atoms with E-state index in [0.29, 0.717) is 11.3 Å². The summed E-state index contributed by atoms with van der Waals surface area (Å²) in [6.45, 7) is 1.60. The molecule has 1 unspecified atom stereocenters. The molecule has 1 atom stereocenters. The molecule has 1 rings (SSSR count). The number of nitrogens with one attached hydrogen (secondary N) is 1. The summed E-state index contributed by atoms with van der Waals surface area (Å²) in [4.78, 5) is 22.3. The first-order valence-electron chi connectivity index (χ1n) is 5.12. The van der Waals surface area contributed by atoms with Crippen LogP contribution in [0.15, 0.2) is 24.3 Å². The van der Waals surface area contributed by atoms with Crippen LogP contribution in [0.5, 0.6) is 0 Å². The molecule has 88 valence electrons. The number of hydrogen-bond donors (Lipinski definition) is 2. The highest BCUT2D eigenvalue weighted by molar-refractivity contribution is 5.93. The van der Waals surface area contributed by atoms with Crippen LogP contribution in [0.4, 0.5) is 5.69 Å². The summed E-state index contributed by atoms with van der Waals surface area (Å²) in [6.07, 6.45) is 0.0509. The Hall–Kier alpha value is -2.35. The molecule has 0 radical (unpaired) electrons. The van der Waals surface area contributed by atoms with Gasteiger partial charge in [0.1, 0.15) is 0 Å². The molecule has 0 fully saturated rings. The monoisotopic (exact) mass is 231 g/mol. The number of nitrogens with zero attached hydrogens (tertiary/aromatic N) is 1. The minimum atomic E-state index is -0.500. The van der Waals surface area contributed by atoms with Gasteiger partial charge >= 0.3 is 0 Å². The molecule has 17 heavy (non-hydrogen) atoms. The standard InChI is InChI=1S/C12H13N3O2/c1-8(12(14)17)6-11(16)15-10-4-2-9(7-13)3-5-10/h2-5,8H,6H2,1H3,(H2,14,17)(H,15,16). The summed E-state index contributed by atoms with van der Waals surface area (Å²) < 4.78 is 0. The molecule has 0 saturated carbocycles. The van der Waals surface area contributed by atoms with Crippen molar-refractivity contribution >= 4 is 17.5 Å². The van der Waals surface area contributed by atoms with Gasteiger partial charge < -0.3 is 11.1 Å². The number of anilines is 1. The van der Waals surface area contributed by atoms with E-state index in [1.165, 1.54) is 0 Å². The smallest absolute Gasteiger partial charge is 0.225 e. The molecular formula is C12H13N3O2. The van der Waals surface area contributed by atoms with Gasteiger partial charge in [-0.05, 0) is 24.3 Å². The molecule has 5 heteroatoms. The van der Waals surface area contributed by atoms with Gasteiger partial charge in [0, 0.05) is 18.0 Å². The first kappa shape index (κ1) is 12.7. The fourth-order valence-corrected chi connectivity index (χ4v) is 1.22. The Kier molecular flexibility index (Phi) is 4.23. The number of nitriles is 1. The molecule has 0 heterocycles. The molecule has 1 aromatic carbocycles. The number of rotatable bonds is 4. The van der Waals surface area contributed by atoms with Crippen LogP contribution in [-0.2, 0) is 9.59 Å². The van der Waals surface area contributed by atoms with E-state index in [-0.39, 0.29) is 12.3 Å². The molecule has 1 aromatic rings. The third-order valence-corrected chi connectivity index (χ3v) is 2.28. The first-order valence-corrected chi connectivity index (χ1v) is 5.12. The van der Waals surface area contributed by atoms with Crippen LogP contribution in [0, 0.1) is 17.2 Å². The van der Waals surface area contributed by atoms with Gasteiger partial charge in [0.25, 0.3) is 0 Å². The maximum Gasteiger partial charge on any atom is 0.225 e. The van der Waals surface area contributed by atoms with Gasteiger partial charge in [0.15, 0.2) is 0 Å². The van der Waals surface area contributed by atoms with Gasteiger partial charge in [0.05, 0.1) is 11.6 Å². The molecule has 0 aliphatic carbocycles. The highest BCUT2D eigenvalue weighted by Crippen LogP contribution is 2.10. The minimum absolute atomic E-state index is 0.0509. The molecule has 0 bridgehead atoms. The molecule has 5 nitrogen and oxygen atoms in total. The first-order chi connectivity index (χ1) is 8.02. The second-order valence-corrected chi connectivity index (χ2v) is 3.74. The lowest BCUT2D eigenvalue weighted by Crippen LogP contribution is -2.25. The summed E-state index contributed by atoms with van der Waals surface area (Å²) in [5, 5.41) is 11.2. The average molecular weight is 231 g/mol. The lowest BCUT2D eigenvalue weighted by atomic mass is 10.1. The zero-order valence-electron chi connectivity index (χ0n) is 9.43. The highest BCUT2D eigenvalue weighted by Gasteiger charge is 2.13. The van der Waals surface area contributed by atoms with Crippen LogP contribution in [0.2, 0.25) is 0 Å². The third kappa shape index (κ3) is 3.95. The number of primary amides is 1. The van der Waals surface area contributed by atoms with Crippen molar-refractivity contribution in [2.45, 2.75) is 13.3 Å². The van der Waals surface area contributed by atoms with Crippen molar-refractivity contribution in [2.24, 2.45) is 11.7 Å². The summed E-state index contributed by atoms with van der Waals surface area (Å²) in [7, 11) is 0. The second-order valence-electron chi connectivity index (χ2n) is 3.74. The Morgan fingerprint density at radius 3 is 2.47 bits per heavy atom. The summed E-state index contributed by atoms with van der Waals surface area (Å²) in [5.41, 5.74) is 6.17. The van der Waals surface area contributed by atoms with Gasteiger partial charge in [-0.2, -0.15) is 5.26 Å². The van der Waals surface area contributed by atoms with Crippen LogP contribution < -0.4 is 11.1 Å². The third-order valence-electron chi connectivity index (χ3n) is 2.28. The van der Waals surface area contributed by atoms with E-state index in [2.05, 4.69) is 5.32 Å². The van der Waals surface area contributed by atoms with Crippen molar-refractivity contribution in [3.63, 3.8) is 0 Å². The maximum atomic E-state index is 11.5. The Balaban J connectivity index is 2.56. The van der Waals surface area contributed by atoms with Crippen LogP contribution in [0.1, 0.15) is 18.9 Å². The van der Waals surface area contributed by atoms with Crippen molar-refractivity contribution in [3.05, 3.63) is 29.8 Å². The Morgan fingerprint density at radius 2 is 2.00 bits per heavy atom. The van der Waals surface area contributed by atoms with Crippen LogP contribution in [0.25, 0.3) is 0 Å². The Labute approximate surface area is 99.2 Å². The van der Waals surface area contributed by atoms with Crippen LogP contribution >= 0.6 is 0 Å². The minimum Gasteiger partial charge on any atom is -0.369 e. The van der Waals surface area contributed by atoms with Crippen molar-refractivity contribution in [1.82, 2.24) is 0 Å². The van der Waals surface area contributed by atoms with Crippen molar-refractivity contribution in [1.29, 1.82) is 5.26 Å².